The number of halogens is 1. The zero-order valence-corrected chi connectivity index (χ0v) is 13.4. The molecule has 0 aliphatic heterocycles. The first-order valence-corrected chi connectivity index (χ1v) is 7.14. The third-order valence-electron chi connectivity index (χ3n) is 3.17. The lowest BCUT2D eigenvalue weighted by Crippen LogP contribution is -2.09. The molecule has 1 aromatic carbocycles. The second kappa shape index (κ2) is 6.67. The molecule has 0 radical (unpaired) electrons. The summed E-state index contributed by atoms with van der Waals surface area (Å²) in [5.74, 6) is 0.409. The SMILES string of the molecule is COc1ccc(CCn2cc(Br)cc2C(=O)O)cc1OC. The van der Waals surface area contributed by atoms with Gasteiger partial charge in [0, 0.05) is 17.2 Å². The van der Waals surface area contributed by atoms with E-state index in [1.807, 2.05) is 18.2 Å². The summed E-state index contributed by atoms with van der Waals surface area (Å²) in [4.78, 5) is 11.2. The molecule has 2 rings (SSSR count). The van der Waals surface area contributed by atoms with Crippen LogP contribution in [0.5, 0.6) is 11.5 Å². The molecular formula is C15H16BrNO4. The van der Waals surface area contributed by atoms with Gasteiger partial charge >= 0.3 is 5.97 Å². The van der Waals surface area contributed by atoms with Crippen LogP contribution in [0.15, 0.2) is 34.9 Å². The van der Waals surface area contributed by atoms with Gasteiger partial charge in [0.2, 0.25) is 0 Å². The smallest absolute Gasteiger partial charge is 0.352 e. The third kappa shape index (κ3) is 3.58. The van der Waals surface area contributed by atoms with Crippen molar-refractivity contribution >= 4 is 21.9 Å². The molecule has 0 saturated carbocycles. The molecule has 0 saturated heterocycles. The summed E-state index contributed by atoms with van der Waals surface area (Å²) >= 11 is 3.30. The summed E-state index contributed by atoms with van der Waals surface area (Å²) in [5.41, 5.74) is 1.32. The van der Waals surface area contributed by atoms with Crippen LogP contribution in [-0.4, -0.2) is 29.9 Å². The minimum atomic E-state index is -0.937. The predicted octanol–water partition coefficient (Wildman–Crippen LogP) is 3.21. The number of ether oxygens (including phenoxy) is 2. The molecule has 1 N–H and O–H groups in total. The maximum absolute atomic E-state index is 11.2. The highest BCUT2D eigenvalue weighted by molar-refractivity contribution is 9.10. The lowest BCUT2D eigenvalue weighted by atomic mass is 10.1. The zero-order chi connectivity index (χ0) is 15.4. The maximum Gasteiger partial charge on any atom is 0.352 e. The van der Waals surface area contributed by atoms with Crippen LogP contribution in [0.2, 0.25) is 0 Å². The van der Waals surface area contributed by atoms with Gasteiger partial charge in [-0.05, 0) is 46.1 Å². The molecule has 0 fully saturated rings. The van der Waals surface area contributed by atoms with Crippen LogP contribution < -0.4 is 9.47 Å². The van der Waals surface area contributed by atoms with E-state index in [9.17, 15) is 4.79 Å². The molecule has 0 atom stereocenters. The first-order valence-electron chi connectivity index (χ1n) is 6.35. The normalized spacial score (nSPS) is 10.4. The first-order chi connectivity index (χ1) is 10.0. The Morgan fingerprint density at radius 3 is 2.57 bits per heavy atom. The number of aromatic carboxylic acids is 1. The third-order valence-corrected chi connectivity index (χ3v) is 3.61. The molecule has 0 aliphatic carbocycles. The zero-order valence-electron chi connectivity index (χ0n) is 11.8. The van der Waals surface area contributed by atoms with E-state index >= 15 is 0 Å². The number of aryl methyl sites for hydroxylation is 2. The van der Waals surface area contributed by atoms with Crippen molar-refractivity contribution in [2.45, 2.75) is 13.0 Å². The molecule has 2 aromatic rings. The molecule has 0 aliphatic rings. The van der Waals surface area contributed by atoms with E-state index in [1.54, 1.807) is 31.0 Å². The number of rotatable bonds is 6. The fourth-order valence-electron chi connectivity index (χ4n) is 2.12. The average Bonchev–Trinajstić information content (AvgIpc) is 2.86. The number of carboxylic acid groups (broad SMARTS) is 1. The Morgan fingerprint density at radius 1 is 1.24 bits per heavy atom. The van der Waals surface area contributed by atoms with Crippen molar-refractivity contribution < 1.29 is 19.4 Å². The van der Waals surface area contributed by atoms with E-state index < -0.39 is 5.97 Å². The molecule has 0 spiro atoms. The largest absolute Gasteiger partial charge is 0.493 e. The van der Waals surface area contributed by atoms with Crippen molar-refractivity contribution in [1.82, 2.24) is 4.57 Å². The van der Waals surface area contributed by atoms with Crippen molar-refractivity contribution in [2.75, 3.05) is 14.2 Å². The number of methoxy groups -OCH3 is 2. The minimum Gasteiger partial charge on any atom is -0.493 e. The molecule has 112 valence electrons. The van der Waals surface area contributed by atoms with Crippen LogP contribution in [0.3, 0.4) is 0 Å². The summed E-state index contributed by atoms with van der Waals surface area (Å²) < 4.78 is 12.9. The fourth-order valence-corrected chi connectivity index (χ4v) is 2.59. The second-order valence-corrected chi connectivity index (χ2v) is 5.40. The Labute approximate surface area is 131 Å². The van der Waals surface area contributed by atoms with E-state index in [2.05, 4.69) is 15.9 Å². The molecule has 6 heteroatoms. The lowest BCUT2D eigenvalue weighted by Gasteiger charge is -2.10. The van der Waals surface area contributed by atoms with Crippen LogP contribution in [0.25, 0.3) is 0 Å². The van der Waals surface area contributed by atoms with Crippen molar-refractivity contribution in [2.24, 2.45) is 0 Å². The van der Waals surface area contributed by atoms with Crippen LogP contribution in [-0.2, 0) is 13.0 Å². The molecule has 0 amide bonds. The number of carbonyl (C=O) groups is 1. The van der Waals surface area contributed by atoms with E-state index in [4.69, 9.17) is 14.6 Å². The quantitative estimate of drug-likeness (QED) is 0.866. The summed E-state index contributed by atoms with van der Waals surface area (Å²) in [6.45, 7) is 0.572. The average molecular weight is 354 g/mol. The number of carboxylic acids is 1. The number of nitrogens with zero attached hydrogens (tertiary/aromatic N) is 1. The molecule has 1 aromatic heterocycles. The molecular weight excluding hydrogens is 338 g/mol. The van der Waals surface area contributed by atoms with E-state index in [-0.39, 0.29) is 5.69 Å². The highest BCUT2D eigenvalue weighted by Gasteiger charge is 2.12. The number of hydrogen-bond donors (Lipinski definition) is 1. The van der Waals surface area contributed by atoms with Gasteiger partial charge in [-0.15, -0.1) is 0 Å². The standard InChI is InChI=1S/C15H16BrNO4/c1-20-13-4-3-10(7-14(13)21-2)5-6-17-9-11(16)8-12(17)15(18)19/h3-4,7-9H,5-6H2,1-2H3,(H,18,19). The molecule has 21 heavy (non-hydrogen) atoms. The number of aromatic nitrogens is 1. The van der Waals surface area contributed by atoms with Crippen LogP contribution >= 0.6 is 15.9 Å². The second-order valence-electron chi connectivity index (χ2n) is 4.48. The van der Waals surface area contributed by atoms with Gasteiger partial charge < -0.3 is 19.1 Å². The van der Waals surface area contributed by atoms with Gasteiger partial charge in [-0.1, -0.05) is 6.07 Å². The van der Waals surface area contributed by atoms with Crippen LogP contribution in [0.1, 0.15) is 16.1 Å². The van der Waals surface area contributed by atoms with Gasteiger partial charge in [0.15, 0.2) is 11.5 Å². The van der Waals surface area contributed by atoms with Gasteiger partial charge in [-0.2, -0.15) is 0 Å². The van der Waals surface area contributed by atoms with Crippen molar-refractivity contribution in [3.05, 3.63) is 46.2 Å². The molecule has 1 heterocycles. The topological polar surface area (TPSA) is 60.7 Å². The van der Waals surface area contributed by atoms with E-state index in [0.29, 0.717) is 24.5 Å². The summed E-state index contributed by atoms with van der Waals surface area (Å²) in [5, 5.41) is 9.15. The van der Waals surface area contributed by atoms with E-state index in [1.165, 1.54) is 0 Å². The summed E-state index contributed by atoms with van der Waals surface area (Å²) in [6.07, 6.45) is 2.46. The van der Waals surface area contributed by atoms with Crippen molar-refractivity contribution in [3.63, 3.8) is 0 Å². The van der Waals surface area contributed by atoms with Crippen molar-refractivity contribution in [3.8, 4) is 11.5 Å². The van der Waals surface area contributed by atoms with Gasteiger partial charge in [0.25, 0.3) is 0 Å². The number of benzene rings is 1. The summed E-state index contributed by atoms with van der Waals surface area (Å²) in [7, 11) is 3.18. The molecule has 0 unspecified atom stereocenters. The van der Waals surface area contributed by atoms with Gasteiger partial charge in [-0.25, -0.2) is 4.79 Å². The summed E-state index contributed by atoms with van der Waals surface area (Å²) in [6, 6.07) is 7.28. The lowest BCUT2D eigenvalue weighted by molar-refractivity contribution is 0.0685. The maximum atomic E-state index is 11.2. The Kier molecular flexibility index (Phi) is 4.90. The highest BCUT2D eigenvalue weighted by atomic mass is 79.9. The first kappa shape index (κ1) is 15.4. The predicted molar refractivity (Wildman–Crippen MR) is 82.3 cm³/mol. The Bertz CT molecular complexity index is 651. The Morgan fingerprint density at radius 2 is 1.95 bits per heavy atom. The minimum absolute atomic E-state index is 0.266. The van der Waals surface area contributed by atoms with Crippen LogP contribution in [0.4, 0.5) is 0 Å². The number of hydrogen-bond acceptors (Lipinski definition) is 3. The van der Waals surface area contributed by atoms with Crippen molar-refractivity contribution in [1.29, 1.82) is 0 Å². The highest BCUT2D eigenvalue weighted by Crippen LogP contribution is 2.28. The Balaban J connectivity index is 2.15. The molecule has 5 nitrogen and oxygen atoms in total. The van der Waals surface area contributed by atoms with E-state index in [0.717, 1.165) is 10.0 Å². The van der Waals surface area contributed by atoms with Gasteiger partial charge in [-0.3, -0.25) is 0 Å². The fraction of sp³-hybridized carbons (Fsp3) is 0.267. The monoisotopic (exact) mass is 353 g/mol. The van der Waals surface area contributed by atoms with Gasteiger partial charge in [0.05, 0.1) is 14.2 Å². The van der Waals surface area contributed by atoms with Crippen LogP contribution in [0, 0.1) is 0 Å². The van der Waals surface area contributed by atoms with Gasteiger partial charge in [0.1, 0.15) is 5.69 Å². The molecule has 0 bridgehead atoms. The Hall–Kier alpha value is -1.95.